The summed E-state index contributed by atoms with van der Waals surface area (Å²) >= 11 is 11.0. The normalized spacial score (nSPS) is 10.9. The highest BCUT2D eigenvalue weighted by Gasteiger charge is 2.09. The Balaban J connectivity index is 2.01. The Labute approximate surface area is 132 Å². The van der Waals surface area contributed by atoms with Crippen molar-refractivity contribution >= 4 is 44.6 Å². The molecule has 7 heteroatoms. The summed E-state index contributed by atoms with van der Waals surface area (Å²) in [5.41, 5.74) is 0.749. The van der Waals surface area contributed by atoms with Crippen LogP contribution in [0, 0.1) is 6.92 Å². The zero-order chi connectivity index (χ0) is 14.7. The Morgan fingerprint density at radius 2 is 2.15 bits per heavy atom. The predicted octanol–water partition coefficient (Wildman–Crippen LogP) is 5.69. The van der Waals surface area contributed by atoms with Crippen molar-refractivity contribution in [3.63, 3.8) is 0 Å². The zero-order valence-electron chi connectivity index (χ0n) is 10.4. The van der Waals surface area contributed by atoms with Crippen LogP contribution in [0.25, 0.3) is 0 Å². The van der Waals surface area contributed by atoms with Gasteiger partial charge in [0.1, 0.15) is 5.75 Å². The topological polar surface area (TPSA) is 21.3 Å². The van der Waals surface area contributed by atoms with E-state index in [0.29, 0.717) is 6.54 Å². The van der Waals surface area contributed by atoms with Gasteiger partial charge in [0.25, 0.3) is 0 Å². The van der Waals surface area contributed by atoms with Gasteiger partial charge >= 0.3 is 6.61 Å². The highest BCUT2D eigenvalue weighted by atomic mass is 79.9. The van der Waals surface area contributed by atoms with Crippen LogP contribution in [0.3, 0.4) is 0 Å². The number of halogens is 4. The fraction of sp³-hybridized carbons (Fsp3) is 0.231. The molecule has 0 unspecified atom stereocenters. The Morgan fingerprint density at radius 3 is 2.70 bits per heavy atom. The van der Waals surface area contributed by atoms with Gasteiger partial charge in [0.2, 0.25) is 0 Å². The van der Waals surface area contributed by atoms with Gasteiger partial charge < -0.3 is 10.1 Å². The first-order chi connectivity index (χ1) is 9.45. The van der Waals surface area contributed by atoms with Crippen LogP contribution in [-0.4, -0.2) is 6.61 Å². The van der Waals surface area contributed by atoms with Gasteiger partial charge in [0.05, 0.1) is 5.02 Å². The van der Waals surface area contributed by atoms with E-state index in [9.17, 15) is 8.78 Å². The lowest BCUT2D eigenvalue weighted by Crippen LogP contribution is -2.03. The minimum atomic E-state index is -2.88. The third-order valence-electron chi connectivity index (χ3n) is 2.52. The molecule has 0 bridgehead atoms. The van der Waals surface area contributed by atoms with Crippen molar-refractivity contribution in [1.82, 2.24) is 0 Å². The van der Waals surface area contributed by atoms with Crippen LogP contribution in [0.15, 0.2) is 28.7 Å². The quantitative estimate of drug-likeness (QED) is 0.717. The summed E-state index contributed by atoms with van der Waals surface area (Å²) in [6, 6.07) is 6.68. The molecule has 0 aliphatic rings. The second-order valence-electron chi connectivity index (χ2n) is 3.99. The molecule has 1 heterocycles. The van der Waals surface area contributed by atoms with Gasteiger partial charge in [-0.1, -0.05) is 11.6 Å². The minimum absolute atomic E-state index is 0.0260. The molecule has 2 aromatic rings. The summed E-state index contributed by atoms with van der Waals surface area (Å²) in [4.78, 5) is 2.37. The molecule has 0 radical (unpaired) electrons. The predicted molar refractivity (Wildman–Crippen MR) is 82.2 cm³/mol. The lowest BCUT2D eigenvalue weighted by Gasteiger charge is -2.09. The van der Waals surface area contributed by atoms with Crippen molar-refractivity contribution in [1.29, 1.82) is 0 Å². The van der Waals surface area contributed by atoms with Gasteiger partial charge in [-0.25, -0.2) is 0 Å². The molecule has 1 aromatic heterocycles. The van der Waals surface area contributed by atoms with E-state index in [1.165, 1.54) is 15.8 Å². The molecule has 0 atom stereocenters. The maximum Gasteiger partial charge on any atom is 0.387 e. The van der Waals surface area contributed by atoms with Gasteiger partial charge in [-0.15, -0.1) is 11.3 Å². The number of anilines is 1. The number of alkyl halides is 2. The van der Waals surface area contributed by atoms with Crippen LogP contribution in [0.4, 0.5) is 14.5 Å². The van der Waals surface area contributed by atoms with E-state index in [-0.39, 0.29) is 10.8 Å². The smallest absolute Gasteiger partial charge is 0.387 e. The lowest BCUT2D eigenvalue weighted by atomic mass is 10.3. The molecule has 1 aromatic carbocycles. The van der Waals surface area contributed by atoms with Crippen molar-refractivity contribution in [3.05, 3.63) is 43.5 Å². The summed E-state index contributed by atoms with van der Waals surface area (Å²) in [5.74, 6) is -0.0260. The van der Waals surface area contributed by atoms with Gasteiger partial charge in [0.15, 0.2) is 0 Å². The van der Waals surface area contributed by atoms with Crippen LogP contribution < -0.4 is 10.1 Å². The molecule has 0 saturated heterocycles. The van der Waals surface area contributed by atoms with Crippen LogP contribution >= 0.6 is 38.9 Å². The number of aryl methyl sites for hydroxylation is 1. The minimum Gasteiger partial charge on any atom is -0.433 e. The molecule has 0 saturated carbocycles. The fourth-order valence-corrected chi connectivity index (χ4v) is 3.36. The summed E-state index contributed by atoms with van der Waals surface area (Å²) < 4.78 is 29.6. The van der Waals surface area contributed by atoms with E-state index >= 15 is 0 Å². The lowest BCUT2D eigenvalue weighted by molar-refractivity contribution is -0.0497. The van der Waals surface area contributed by atoms with E-state index in [4.69, 9.17) is 11.6 Å². The van der Waals surface area contributed by atoms with Gasteiger partial charge in [-0.05, 0) is 47.1 Å². The van der Waals surface area contributed by atoms with Crippen molar-refractivity contribution in [3.8, 4) is 5.75 Å². The summed E-state index contributed by atoms with van der Waals surface area (Å²) in [7, 11) is 0. The van der Waals surface area contributed by atoms with Gasteiger partial charge in [-0.3, -0.25) is 0 Å². The standard InChI is InChI=1S/C13H11BrClF2NOS/c1-7-10(14)5-9(20-7)6-18-8-2-3-12(11(15)4-8)19-13(16)17/h2-5,13,18H,6H2,1H3. The van der Waals surface area contributed by atoms with E-state index in [1.54, 1.807) is 23.5 Å². The van der Waals surface area contributed by atoms with Crippen molar-refractivity contribution in [2.45, 2.75) is 20.1 Å². The number of benzene rings is 1. The molecular weight excluding hydrogens is 372 g/mol. The van der Waals surface area contributed by atoms with Crippen molar-refractivity contribution in [2.24, 2.45) is 0 Å². The number of ether oxygens (including phenoxy) is 1. The van der Waals surface area contributed by atoms with E-state index < -0.39 is 6.61 Å². The molecule has 2 rings (SSSR count). The highest BCUT2D eigenvalue weighted by Crippen LogP contribution is 2.30. The first kappa shape index (κ1) is 15.5. The summed E-state index contributed by atoms with van der Waals surface area (Å²) in [6.45, 7) is -0.202. The van der Waals surface area contributed by atoms with Crippen molar-refractivity contribution in [2.75, 3.05) is 5.32 Å². The molecule has 20 heavy (non-hydrogen) atoms. The Kier molecular flexibility index (Phi) is 5.23. The number of thiophene rings is 1. The Morgan fingerprint density at radius 1 is 1.40 bits per heavy atom. The molecular formula is C13H11BrClF2NOS. The van der Waals surface area contributed by atoms with Crippen LogP contribution in [0.5, 0.6) is 5.75 Å². The average molecular weight is 383 g/mol. The molecule has 0 fully saturated rings. The molecule has 1 N–H and O–H groups in total. The third-order valence-corrected chi connectivity index (χ3v) is 4.95. The Hall–Kier alpha value is -0.850. The number of hydrogen-bond acceptors (Lipinski definition) is 3. The molecule has 0 amide bonds. The second kappa shape index (κ2) is 6.74. The fourth-order valence-electron chi connectivity index (χ4n) is 1.60. The molecule has 0 aliphatic carbocycles. The number of hydrogen-bond donors (Lipinski definition) is 1. The zero-order valence-corrected chi connectivity index (χ0v) is 13.6. The molecule has 0 aliphatic heterocycles. The molecule has 0 spiro atoms. The van der Waals surface area contributed by atoms with Crippen LogP contribution in [0.2, 0.25) is 5.02 Å². The van der Waals surface area contributed by atoms with Gasteiger partial charge in [-0.2, -0.15) is 8.78 Å². The summed E-state index contributed by atoms with van der Waals surface area (Å²) in [6.07, 6.45) is 0. The van der Waals surface area contributed by atoms with E-state index in [0.717, 1.165) is 10.2 Å². The first-order valence-corrected chi connectivity index (χ1v) is 7.67. The van der Waals surface area contributed by atoms with Crippen LogP contribution in [0.1, 0.15) is 9.75 Å². The van der Waals surface area contributed by atoms with E-state index in [2.05, 4.69) is 26.0 Å². The maximum absolute atomic E-state index is 12.1. The average Bonchev–Trinajstić information content (AvgIpc) is 2.69. The highest BCUT2D eigenvalue weighted by molar-refractivity contribution is 9.10. The van der Waals surface area contributed by atoms with Gasteiger partial charge in [0, 0.05) is 26.5 Å². The summed E-state index contributed by atoms with van der Waals surface area (Å²) in [5, 5.41) is 3.34. The second-order valence-corrected chi connectivity index (χ2v) is 6.60. The number of nitrogens with one attached hydrogen (secondary N) is 1. The third kappa shape index (κ3) is 4.07. The largest absolute Gasteiger partial charge is 0.433 e. The molecule has 108 valence electrons. The molecule has 2 nitrogen and oxygen atoms in total. The number of rotatable bonds is 5. The monoisotopic (exact) mass is 381 g/mol. The van der Waals surface area contributed by atoms with E-state index in [1.807, 2.05) is 13.0 Å². The van der Waals surface area contributed by atoms with Crippen molar-refractivity contribution < 1.29 is 13.5 Å². The van der Waals surface area contributed by atoms with Crippen LogP contribution in [-0.2, 0) is 6.54 Å². The SMILES string of the molecule is Cc1sc(CNc2ccc(OC(F)F)c(Cl)c2)cc1Br. The Bertz CT molecular complexity index is 587. The maximum atomic E-state index is 12.1. The first-order valence-electron chi connectivity index (χ1n) is 5.68.